The van der Waals surface area contributed by atoms with Gasteiger partial charge in [0.25, 0.3) is 0 Å². The van der Waals surface area contributed by atoms with Gasteiger partial charge in [-0.15, -0.1) is 0 Å². The monoisotopic (exact) mass is 291 g/mol. The third-order valence-electron chi connectivity index (χ3n) is 1.98. The average Bonchev–Trinajstić information content (AvgIpc) is 2.32. The molecule has 0 rings (SSSR count). The van der Waals surface area contributed by atoms with Crippen LogP contribution in [-0.4, -0.2) is 48.6 Å². The number of urea groups is 1. The SMILES string of the molecule is COC(=O)C(N)CCSCC(=O)NC(=O)NC(C)C. The summed E-state index contributed by atoms with van der Waals surface area (Å²) in [7, 11) is 1.27. The zero-order valence-electron chi connectivity index (χ0n) is 11.4. The summed E-state index contributed by atoms with van der Waals surface area (Å²) in [5, 5.41) is 4.74. The lowest BCUT2D eigenvalue weighted by Gasteiger charge is -2.10. The summed E-state index contributed by atoms with van der Waals surface area (Å²) in [6, 6.07) is -1.21. The maximum Gasteiger partial charge on any atom is 0.322 e. The summed E-state index contributed by atoms with van der Waals surface area (Å²) < 4.78 is 4.47. The van der Waals surface area contributed by atoms with Crippen molar-refractivity contribution < 1.29 is 19.1 Å². The van der Waals surface area contributed by atoms with Crippen molar-refractivity contribution in [1.29, 1.82) is 0 Å². The summed E-state index contributed by atoms with van der Waals surface area (Å²) in [4.78, 5) is 33.6. The van der Waals surface area contributed by atoms with Crippen LogP contribution in [0.1, 0.15) is 20.3 Å². The van der Waals surface area contributed by atoms with Gasteiger partial charge in [-0.05, 0) is 26.0 Å². The maximum atomic E-state index is 11.4. The highest BCUT2D eigenvalue weighted by Crippen LogP contribution is 2.04. The zero-order chi connectivity index (χ0) is 14.8. The van der Waals surface area contributed by atoms with Gasteiger partial charge in [-0.1, -0.05) is 0 Å². The molecular weight excluding hydrogens is 270 g/mol. The van der Waals surface area contributed by atoms with E-state index >= 15 is 0 Å². The highest BCUT2D eigenvalue weighted by Gasteiger charge is 2.13. The number of ether oxygens (including phenoxy) is 1. The van der Waals surface area contributed by atoms with Gasteiger partial charge in [-0.3, -0.25) is 14.9 Å². The van der Waals surface area contributed by atoms with E-state index in [-0.39, 0.29) is 17.7 Å². The normalized spacial score (nSPS) is 11.8. The predicted octanol–water partition coefficient (Wildman–Crippen LogP) is -0.156. The van der Waals surface area contributed by atoms with Crippen LogP contribution < -0.4 is 16.4 Å². The van der Waals surface area contributed by atoms with Gasteiger partial charge in [-0.25, -0.2) is 4.79 Å². The van der Waals surface area contributed by atoms with E-state index in [0.29, 0.717) is 12.2 Å². The Hall–Kier alpha value is -1.28. The van der Waals surface area contributed by atoms with Crippen LogP contribution in [0.4, 0.5) is 4.79 Å². The Morgan fingerprint density at radius 3 is 2.47 bits per heavy atom. The molecule has 0 aliphatic rings. The number of carbonyl (C=O) groups excluding carboxylic acids is 3. The Balaban J connectivity index is 3.69. The summed E-state index contributed by atoms with van der Waals surface area (Å²) >= 11 is 1.30. The van der Waals surface area contributed by atoms with Crippen LogP contribution in [0.5, 0.6) is 0 Å². The van der Waals surface area contributed by atoms with Gasteiger partial charge in [0.1, 0.15) is 6.04 Å². The minimum absolute atomic E-state index is 0.0292. The minimum atomic E-state index is -0.676. The number of nitrogens with two attached hydrogens (primary N) is 1. The van der Waals surface area contributed by atoms with Crippen LogP contribution in [0.2, 0.25) is 0 Å². The lowest BCUT2D eigenvalue weighted by molar-refractivity contribution is -0.142. The number of methoxy groups -OCH3 is 1. The molecule has 8 heteroatoms. The number of amides is 3. The van der Waals surface area contributed by atoms with Crippen LogP contribution in [0, 0.1) is 0 Å². The van der Waals surface area contributed by atoms with Gasteiger partial charge < -0.3 is 15.8 Å². The lowest BCUT2D eigenvalue weighted by Crippen LogP contribution is -2.43. The molecule has 0 bridgehead atoms. The molecule has 0 saturated carbocycles. The number of esters is 1. The lowest BCUT2D eigenvalue weighted by atomic mass is 10.2. The fourth-order valence-corrected chi connectivity index (χ4v) is 1.93. The molecule has 0 spiro atoms. The van der Waals surface area contributed by atoms with E-state index in [1.54, 1.807) is 13.8 Å². The van der Waals surface area contributed by atoms with E-state index in [1.165, 1.54) is 18.9 Å². The molecule has 0 fully saturated rings. The Morgan fingerprint density at radius 1 is 1.32 bits per heavy atom. The third kappa shape index (κ3) is 9.32. The molecule has 0 aromatic heterocycles. The van der Waals surface area contributed by atoms with E-state index in [0.717, 1.165) is 0 Å². The third-order valence-corrected chi connectivity index (χ3v) is 2.97. The smallest absolute Gasteiger partial charge is 0.322 e. The van der Waals surface area contributed by atoms with Crippen molar-refractivity contribution >= 4 is 29.7 Å². The molecule has 110 valence electrons. The number of hydrogen-bond donors (Lipinski definition) is 3. The van der Waals surface area contributed by atoms with Gasteiger partial charge in [-0.2, -0.15) is 11.8 Å². The van der Waals surface area contributed by atoms with Gasteiger partial charge >= 0.3 is 12.0 Å². The fourth-order valence-electron chi connectivity index (χ4n) is 1.11. The Bertz CT molecular complexity index is 323. The summed E-state index contributed by atoms with van der Waals surface area (Å²) in [6.07, 6.45) is 0.419. The largest absolute Gasteiger partial charge is 0.468 e. The zero-order valence-corrected chi connectivity index (χ0v) is 12.2. The van der Waals surface area contributed by atoms with Crippen molar-refractivity contribution in [2.24, 2.45) is 5.73 Å². The second-order valence-electron chi connectivity index (χ2n) is 4.15. The van der Waals surface area contributed by atoms with Crippen LogP contribution in [0.3, 0.4) is 0 Å². The van der Waals surface area contributed by atoms with Crippen molar-refractivity contribution in [1.82, 2.24) is 10.6 Å². The molecule has 0 radical (unpaired) electrons. The Labute approximate surface area is 117 Å². The number of carbonyl (C=O) groups is 3. The number of rotatable bonds is 7. The van der Waals surface area contributed by atoms with Crippen molar-refractivity contribution in [2.75, 3.05) is 18.6 Å². The van der Waals surface area contributed by atoms with E-state index in [4.69, 9.17) is 5.73 Å². The first kappa shape index (κ1) is 17.7. The van der Waals surface area contributed by atoms with Crippen molar-refractivity contribution in [3.8, 4) is 0 Å². The van der Waals surface area contributed by atoms with E-state index in [9.17, 15) is 14.4 Å². The molecular formula is C11H21N3O4S. The molecule has 7 nitrogen and oxygen atoms in total. The van der Waals surface area contributed by atoms with Crippen molar-refractivity contribution in [3.63, 3.8) is 0 Å². The summed E-state index contributed by atoms with van der Waals surface area (Å²) in [6.45, 7) is 3.60. The van der Waals surface area contributed by atoms with Gasteiger partial charge in [0.15, 0.2) is 0 Å². The standard InChI is InChI=1S/C11H21N3O4S/c1-7(2)13-11(17)14-9(15)6-19-5-4-8(12)10(16)18-3/h7-8H,4-6,12H2,1-3H3,(H2,13,14,15,17). The topological polar surface area (TPSA) is 111 Å². The Kier molecular flexibility index (Phi) is 8.98. The van der Waals surface area contributed by atoms with E-state index in [1.807, 2.05) is 0 Å². The van der Waals surface area contributed by atoms with Gasteiger partial charge in [0.05, 0.1) is 12.9 Å². The number of nitrogens with one attached hydrogen (secondary N) is 2. The number of hydrogen-bond acceptors (Lipinski definition) is 6. The summed E-state index contributed by atoms with van der Waals surface area (Å²) in [5.74, 6) is -0.175. The second-order valence-corrected chi connectivity index (χ2v) is 5.25. The van der Waals surface area contributed by atoms with Crippen LogP contribution in [0.25, 0.3) is 0 Å². The van der Waals surface area contributed by atoms with Gasteiger partial charge in [0.2, 0.25) is 5.91 Å². The molecule has 0 heterocycles. The predicted molar refractivity (Wildman–Crippen MR) is 73.7 cm³/mol. The maximum absolute atomic E-state index is 11.4. The number of thioether (sulfide) groups is 1. The number of imide groups is 1. The average molecular weight is 291 g/mol. The van der Waals surface area contributed by atoms with Crippen LogP contribution in [-0.2, 0) is 14.3 Å². The molecule has 4 N–H and O–H groups in total. The minimum Gasteiger partial charge on any atom is -0.468 e. The van der Waals surface area contributed by atoms with E-state index < -0.39 is 18.0 Å². The fraction of sp³-hybridized carbons (Fsp3) is 0.727. The highest BCUT2D eigenvalue weighted by atomic mass is 32.2. The molecule has 1 atom stereocenters. The molecule has 0 aromatic rings. The molecule has 1 unspecified atom stereocenters. The van der Waals surface area contributed by atoms with Crippen LogP contribution in [0.15, 0.2) is 0 Å². The molecule has 0 aliphatic heterocycles. The first-order valence-corrected chi connectivity index (χ1v) is 7.03. The summed E-state index contributed by atoms with van der Waals surface area (Å²) in [5.41, 5.74) is 5.53. The molecule has 0 aromatic carbocycles. The van der Waals surface area contributed by atoms with E-state index in [2.05, 4.69) is 15.4 Å². The van der Waals surface area contributed by atoms with Crippen molar-refractivity contribution in [2.45, 2.75) is 32.4 Å². The molecule has 0 aliphatic carbocycles. The van der Waals surface area contributed by atoms with Crippen LogP contribution >= 0.6 is 11.8 Å². The molecule has 19 heavy (non-hydrogen) atoms. The molecule has 0 saturated heterocycles. The second kappa shape index (κ2) is 9.62. The quantitative estimate of drug-likeness (QED) is 0.444. The first-order chi connectivity index (χ1) is 8.86. The van der Waals surface area contributed by atoms with Crippen molar-refractivity contribution in [3.05, 3.63) is 0 Å². The van der Waals surface area contributed by atoms with Gasteiger partial charge in [0, 0.05) is 6.04 Å². The Morgan fingerprint density at radius 2 is 1.95 bits per heavy atom. The highest BCUT2D eigenvalue weighted by molar-refractivity contribution is 7.99. The first-order valence-electron chi connectivity index (χ1n) is 5.88. The molecule has 3 amide bonds.